The van der Waals surface area contributed by atoms with Crippen LogP contribution in [0.5, 0.6) is 0 Å². The maximum Gasteiger partial charge on any atom is 0.236 e. The van der Waals surface area contributed by atoms with Crippen molar-refractivity contribution in [1.29, 1.82) is 0 Å². The van der Waals surface area contributed by atoms with E-state index < -0.39 is 6.04 Å². The standard InChI is InChI=1S/C13H18N2O.ClH/c1-10(14)12(16)15-9-13(7-8-13)11-5-3-2-4-6-11;/h2-6,10H,7-9,14H2,1H3,(H,15,16);1H/t10-;/m1./s1. The quantitative estimate of drug-likeness (QED) is 0.858. The summed E-state index contributed by atoms with van der Waals surface area (Å²) in [6.07, 6.45) is 2.30. The van der Waals surface area contributed by atoms with Gasteiger partial charge in [-0.3, -0.25) is 4.79 Å². The van der Waals surface area contributed by atoms with Crippen LogP contribution in [-0.2, 0) is 10.2 Å². The fraction of sp³-hybridized carbons (Fsp3) is 0.462. The molecule has 0 unspecified atom stereocenters. The fourth-order valence-electron chi connectivity index (χ4n) is 1.93. The highest BCUT2D eigenvalue weighted by atomic mass is 35.5. The minimum Gasteiger partial charge on any atom is -0.354 e. The Balaban J connectivity index is 0.00000144. The van der Waals surface area contributed by atoms with Gasteiger partial charge in [-0.25, -0.2) is 0 Å². The molecule has 0 aromatic heterocycles. The van der Waals surface area contributed by atoms with Crippen LogP contribution in [0.3, 0.4) is 0 Å². The Morgan fingerprint density at radius 1 is 1.41 bits per heavy atom. The third-order valence-corrected chi connectivity index (χ3v) is 3.25. The number of rotatable bonds is 4. The summed E-state index contributed by atoms with van der Waals surface area (Å²) in [7, 11) is 0. The molecule has 1 saturated carbocycles. The molecule has 1 aromatic carbocycles. The van der Waals surface area contributed by atoms with E-state index in [1.165, 1.54) is 5.56 Å². The molecule has 3 N–H and O–H groups in total. The van der Waals surface area contributed by atoms with Crippen LogP contribution in [0.1, 0.15) is 25.3 Å². The molecule has 0 saturated heterocycles. The van der Waals surface area contributed by atoms with E-state index in [0.29, 0.717) is 6.54 Å². The van der Waals surface area contributed by atoms with E-state index in [0.717, 1.165) is 12.8 Å². The molecule has 17 heavy (non-hydrogen) atoms. The highest BCUT2D eigenvalue weighted by Gasteiger charge is 2.44. The van der Waals surface area contributed by atoms with Gasteiger partial charge in [0.15, 0.2) is 0 Å². The van der Waals surface area contributed by atoms with Crippen molar-refractivity contribution in [2.45, 2.75) is 31.2 Å². The van der Waals surface area contributed by atoms with Gasteiger partial charge in [0, 0.05) is 12.0 Å². The van der Waals surface area contributed by atoms with E-state index in [-0.39, 0.29) is 23.7 Å². The molecule has 0 radical (unpaired) electrons. The number of hydrogen-bond acceptors (Lipinski definition) is 2. The number of carbonyl (C=O) groups is 1. The average Bonchev–Trinajstić information content (AvgIpc) is 3.08. The summed E-state index contributed by atoms with van der Waals surface area (Å²) in [5.41, 5.74) is 7.00. The third kappa shape index (κ3) is 3.20. The van der Waals surface area contributed by atoms with Crippen molar-refractivity contribution in [2.75, 3.05) is 6.54 Å². The fourth-order valence-corrected chi connectivity index (χ4v) is 1.93. The first-order valence-electron chi connectivity index (χ1n) is 5.73. The Morgan fingerprint density at radius 3 is 2.47 bits per heavy atom. The molecule has 0 heterocycles. The molecule has 0 bridgehead atoms. The van der Waals surface area contributed by atoms with E-state index in [2.05, 4.69) is 17.4 Å². The lowest BCUT2D eigenvalue weighted by Crippen LogP contribution is -2.41. The van der Waals surface area contributed by atoms with Crippen LogP contribution in [0.4, 0.5) is 0 Å². The molecule has 1 aromatic rings. The lowest BCUT2D eigenvalue weighted by molar-refractivity contribution is -0.122. The predicted molar refractivity (Wildman–Crippen MR) is 71.3 cm³/mol. The van der Waals surface area contributed by atoms with Crippen LogP contribution in [0.25, 0.3) is 0 Å². The molecular weight excluding hydrogens is 236 g/mol. The van der Waals surface area contributed by atoms with Gasteiger partial charge < -0.3 is 11.1 Å². The molecular formula is C13H19ClN2O. The van der Waals surface area contributed by atoms with E-state index in [1.54, 1.807) is 6.92 Å². The van der Waals surface area contributed by atoms with Crippen LogP contribution in [0.15, 0.2) is 30.3 Å². The maximum atomic E-state index is 11.4. The average molecular weight is 255 g/mol. The van der Waals surface area contributed by atoms with Crippen molar-refractivity contribution < 1.29 is 4.79 Å². The summed E-state index contributed by atoms with van der Waals surface area (Å²) in [6.45, 7) is 2.41. The molecule has 1 atom stereocenters. The maximum absolute atomic E-state index is 11.4. The molecule has 1 amide bonds. The molecule has 1 fully saturated rings. The van der Waals surface area contributed by atoms with Crippen molar-refractivity contribution >= 4 is 18.3 Å². The zero-order chi connectivity index (χ0) is 11.6. The molecule has 1 aliphatic carbocycles. The molecule has 4 heteroatoms. The topological polar surface area (TPSA) is 55.1 Å². The van der Waals surface area contributed by atoms with Crippen molar-refractivity contribution in [3.63, 3.8) is 0 Å². The van der Waals surface area contributed by atoms with Gasteiger partial charge in [-0.15, -0.1) is 12.4 Å². The van der Waals surface area contributed by atoms with Gasteiger partial charge in [-0.05, 0) is 25.3 Å². The number of carbonyl (C=O) groups excluding carboxylic acids is 1. The van der Waals surface area contributed by atoms with Crippen LogP contribution >= 0.6 is 12.4 Å². The van der Waals surface area contributed by atoms with Crippen molar-refractivity contribution in [1.82, 2.24) is 5.32 Å². The zero-order valence-corrected chi connectivity index (χ0v) is 10.8. The smallest absolute Gasteiger partial charge is 0.236 e. The third-order valence-electron chi connectivity index (χ3n) is 3.25. The summed E-state index contributed by atoms with van der Waals surface area (Å²) < 4.78 is 0. The zero-order valence-electron chi connectivity index (χ0n) is 9.98. The molecule has 94 valence electrons. The number of hydrogen-bond donors (Lipinski definition) is 2. The van der Waals surface area contributed by atoms with Gasteiger partial charge in [0.05, 0.1) is 6.04 Å². The Morgan fingerprint density at radius 2 is 2.00 bits per heavy atom. The lowest BCUT2D eigenvalue weighted by atomic mass is 9.96. The highest BCUT2D eigenvalue weighted by molar-refractivity contribution is 5.85. The number of amides is 1. The van der Waals surface area contributed by atoms with Crippen molar-refractivity contribution in [3.8, 4) is 0 Å². The van der Waals surface area contributed by atoms with Gasteiger partial charge in [-0.2, -0.15) is 0 Å². The molecule has 0 spiro atoms. The van der Waals surface area contributed by atoms with Crippen molar-refractivity contribution in [3.05, 3.63) is 35.9 Å². The second-order valence-corrected chi connectivity index (χ2v) is 4.65. The van der Waals surface area contributed by atoms with Crippen LogP contribution in [0.2, 0.25) is 0 Å². The largest absolute Gasteiger partial charge is 0.354 e. The summed E-state index contributed by atoms with van der Waals surface area (Å²) in [6, 6.07) is 9.94. The van der Waals surface area contributed by atoms with Gasteiger partial charge >= 0.3 is 0 Å². The van der Waals surface area contributed by atoms with E-state index >= 15 is 0 Å². The number of halogens is 1. The molecule has 3 nitrogen and oxygen atoms in total. The second kappa shape index (κ2) is 5.52. The number of nitrogens with one attached hydrogen (secondary N) is 1. The van der Waals surface area contributed by atoms with Crippen LogP contribution < -0.4 is 11.1 Å². The summed E-state index contributed by atoms with van der Waals surface area (Å²) in [5, 5.41) is 2.92. The molecule has 1 aliphatic rings. The first-order chi connectivity index (χ1) is 7.64. The Hall–Kier alpha value is -1.06. The number of benzene rings is 1. The van der Waals surface area contributed by atoms with Gasteiger partial charge in [-0.1, -0.05) is 30.3 Å². The van der Waals surface area contributed by atoms with Gasteiger partial charge in [0.25, 0.3) is 0 Å². The minimum absolute atomic E-state index is 0. The summed E-state index contributed by atoms with van der Waals surface area (Å²) in [5.74, 6) is -0.0674. The first kappa shape index (κ1) is 14.0. The molecule has 2 rings (SSSR count). The van der Waals surface area contributed by atoms with Gasteiger partial charge in [0.1, 0.15) is 0 Å². The Bertz CT molecular complexity index is 374. The predicted octanol–water partition coefficient (Wildman–Crippen LogP) is 1.60. The lowest BCUT2D eigenvalue weighted by Gasteiger charge is -2.17. The summed E-state index contributed by atoms with van der Waals surface area (Å²) >= 11 is 0. The second-order valence-electron chi connectivity index (χ2n) is 4.65. The highest BCUT2D eigenvalue weighted by Crippen LogP contribution is 2.47. The van der Waals surface area contributed by atoms with E-state index in [4.69, 9.17) is 5.73 Å². The van der Waals surface area contributed by atoms with E-state index in [9.17, 15) is 4.79 Å². The Labute approximate surface area is 108 Å². The summed E-state index contributed by atoms with van der Waals surface area (Å²) in [4.78, 5) is 11.4. The van der Waals surface area contributed by atoms with Gasteiger partial charge in [0.2, 0.25) is 5.91 Å². The molecule has 0 aliphatic heterocycles. The normalized spacial score (nSPS) is 17.8. The Kier molecular flexibility index (Phi) is 4.54. The van der Waals surface area contributed by atoms with Crippen LogP contribution in [-0.4, -0.2) is 18.5 Å². The minimum atomic E-state index is -0.424. The monoisotopic (exact) mass is 254 g/mol. The van der Waals surface area contributed by atoms with Crippen LogP contribution in [0, 0.1) is 0 Å². The number of nitrogens with two attached hydrogens (primary N) is 1. The van der Waals surface area contributed by atoms with Crippen molar-refractivity contribution in [2.24, 2.45) is 5.73 Å². The van der Waals surface area contributed by atoms with E-state index in [1.807, 2.05) is 18.2 Å². The first-order valence-corrected chi connectivity index (χ1v) is 5.73. The SMILES string of the molecule is C[C@@H](N)C(=O)NCC1(c2ccccc2)CC1.Cl.